The molecular weight excluding hydrogens is 451 g/mol. The first-order chi connectivity index (χ1) is 17.2. The lowest BCUT2D eigenvalue weighted by Crippen LogP contribution is -2.27. The first kappa shape index (κ1) is 22.6. The minimum Gasteiger partial charge on any atom is -0.456 e. The third kappa shape index (κ3) is 7.43. The minimum absolute atomic E-state index is 0.0597. The summed E-state index contributed by atoms with van der Waals surface area (Å²) in [7, 11) is 0. The van der Waals surface area contributed by atoms with Crippen LogP contribution in [0.2, 0.25) is 0 Å². The van der Waals surface area contributed by atoms with E-state index in [1.807, 2.05) is 0 Å². The summed E-state index contributed by atoms with van der Waals surface area (Å²) >= 11 is 0. The van der Waals surface area contributed by atoms with Gasteiger partial charge in [-0.3, -0.25) is 9.59 Å². The fourth-order valence-electron chi connectivity index (χ4n) is 2.89. The number of nitrogens with zero attached hydrogens (tertiary/aromatic N) is 2. The largest absolute Gasteiger partial charge is 0.456 e. The van der Waals surface area contributed by atoms with Crippen molar-refractivity contribution in [3.05, 3.63) is 94.3 Å². The van der Waals surface area contributed by atoms with Crippen molar-refractivity contribution in [3.8, 4) is 0 Å². The molecule has 8 nitrogen and oxygen atoms in total. The van der Waals surface area contributed by atoms with Gasteiger partial charge in [-0.25, -0.2) is 19.2 Å². The number of hydrogen-bond donors (Lipinski definition) is 2. The average Bonchev–Trinajstić information content (AvgIpc) is 2.83. The summed E-state index contributed by atoms with van der Waals surface area (Å²) in [6.45, 7) is 4.64. The molecule has 0 radical (unpaired) electrons. The SMILES string of the molecule is [2H]C([2H])(NC(=O)c1cc(C(=O)NCc2ccc(C(=O)OC(C)(C)C)cc2)ncn1)c1ccc(F)c(C)c1. The summed E-state index contributed by atoms with van der Waals surface area (Å²) in [6.07, 6.45) is 1.02. The van der Waals surface area contributed by atoms with Gasteiger partial charge in [0, 0.05) is 19.1 Å². The first-order valence-electron chi connectivity index (χ1n) is 11.8. The normalized spacial score (nSPS) is 12.3. The van der Waals surface area contributed by atoms with Gasteiger partial charge in [0.2, 0.25) is 0 Å². The molecule has 0 saturated heterocycles. The smallest absolute Gasteiger partial charge is 0.338 e. The van der Waals surface area contributed by atoms with Crippen LogP contribution in [0, 0.1) is 12.7 Å². The molecule has 0 fully saturated rings. The predicted molar refractivity (Wildman–Crippen MR) is 127 cm³/mol. The molecule has 0 spiro atoms. The number of halogens is 1. The third-order valence-corrected chi connectivity index (χ3v) is 4.65. The summed E-state index contributed by atoms with van der Waals surface area (Å²) in [5.74, 6) is -2.39. The summed E-state index contributed by atoms with van der Waals surface area (Å²) in [5, 5.41) is 4.87. The lowest BCUT2D eigenvalue weighted by atomic mass is 10.1. The van der Waals surface area contributed by atoms with Gasteiger partial charge in [0.25, 0.3) is 11.8 Å². The Balaban J connectivity index is 1.63. The van der Waals surface area contributed by atoms with E-state index in [9.17, 15) is 18.8 Å². The Bertz CT molecular complexity index is 1320. The number of aryl methyl sites for hydroxylation is 1. The molecule has 2 aromatic carbocycles. The number of carbonyl (C=O) groups excluding carboxylic acids is 3. The number of nitrogens with one attached hydrogen (secondary N) is 2. The Labute approximate surface area is 205 Å². The summed E-state index contributed by atoms with van der Waals surface area (Å²) in [4.78, 5) is 45.0. The molecule has 0 bridgehead atoms. The Morgan fingerprint density at radius 2 is 1.54 bits per heavy atom. The zero-order chi connectivity index (χ0) is 27.4. The lowest BCUT2D eigenvalue weighted by Gasteiger charge is -2.19. The van der Waals surface area contributed by atoms with Gasteiger partial charge in [0.15, 0.2) is 0 Å². The van der Waals surface area contributed by atoms with Crippen LogP contribution >= 0.6 is 0 Å². The standard InChI is InChI=1S/C26H27FN4O4/c1-16-11-18(7-10-20(16)27)14-29-24(33)22-12-21(30-15-31-22)23(32)28-13-17-5-8-19(9-6-17)25(34)35-26(2,3)4/h5-12,15H,13-14H2,1-4H3,(H,28,32)(H,29,33)/i14D2. The highest BCUT2D eigenvalue weighted by Crippen LogP contribution is 2.13. The van der Waals surface area contributed by atoms with Crippen molar-refractivity contribution in [2.45, 2.75) is 46.3 Å². The van der Waals surface area contributed by atoms with E-state index in [0.717, 1.165) is 24.0 Å². The molecule has 0 aliphatic carbocycles. The highest BCUT2D eigenvalue weighted by Gasteiger charge is 2.18. The molecule has 0 saturated carbocycles. The van der Waals surface area contributed by atoms with Crippen LogP contribution in [0.4, 0.5) is 4.39 Å². The minimum atomic E-state index is -2.31. The Morgan fingerprint density at radius 3 is 2.14 bits per heavy atom. The second kappa shape index (κ2) is 10.9. The molecule has 2 N–H and O–H groups in total. The van der Waals surface area contributed by atoms with Gasteiger partial charge in [-0.05, 0) is 62.6 Å². The van der Waals surface area contributed by atoms with Crippen molar-refractivity contribution in [2.75, 3.05) is 0 Å². The molecule has 3 rings (SSSR count). The maximum absolute atomic E-state index is 13.5. The van der Waals surface area contributed by atoms with Crippen molar-refractivity contribution in [1.82, 2.24) is 20.6 Å². The van der Waals surface area contributed by atoms with Crippen LogP contribution in [0.15, 0.2) is 54.9 Å². The fraction of sp³-hybridized carbons (Fsp3) is 0.269. The molecule has 9 heteroatoms. The van der Waals surface area contributed by atoms with Gasteiger partial charge in [0.05, 0.1) is 8.30 Å². The van der Waals surface area contributed by atoms with Gasteiger partial charge in [-0.2, -0.15) is 0 Å². The predicted octanol–water partition coefficient (Wildman–Crippen LogP) is 3.74. The van der Waals surface area contributed by atoms with Crippen LogP contribution < -0.4 is 10.6 Å². The molecule has 1 aromatic heterocycles. The monoisotopic (exact) mass is 480 g/mol. The molecule has 35 heavy (non-hydrogen) atoms. The van der Waals surface area contributed by atoms with Crippen LogP contribution in [0.5, 0.6) is 0 Å². The molecule has 0 aliphatic rings. The maximum Gasteiger partial charge on any atom is 0.338 e. The molecule has 0 atom stereocenters. The Kier molecular flexibility index (Phi) is 7.02. The van der Waals surface area contributed by atoms with E-state index in [2.05, 4.69) is 20.6 Å². The topological polar surface area (TPSA) is 110 Å². The number of esters is 1. The summed E-state index contributed by atoms with van der Waals surface area (Å²) in [5.41, 5.74) is 0.469. The number of benzene rings is 2. The maximum atomic E-state index is 13.5. The van der Waals surface area contributed by atoms with E-state index in [1.165, 1.54) is 19.1 Å². The van der Waals surface area contributed by atoms with E-state index in [4.69, 9.17) is 7.48 Å². The quantitative estimate of drug-likeness (QED) is 0.499. The molecule has 3 aromatic rings. The van der Waals surface area contributed by atoms with E-state index >= 15 is 0 Å². The number of carbonyl (C=O) groups is 3. The van der Waals surface area contributed by atoms with Gasteiger partial charge in [-0.1, -0.05) is 24.3 Å². The van der Waals surface area contributed by atoms with Crippen LogP contribution in [0.25, 0.3) is 0 Å². The van der Waals surface area contributed by atoms with Crippen molar-refractivity contribution < 1.29 is 26.3 Å². The van der Waals surface area contributed by atoms with E-state index in [1.54, 1.807) is 45.0 Å². The highest BCUT2D eigenvalue weighted by atomic mass is 19.1. The molecule has 1 heterocycles. The molecule has 182 valence electrons. The summed E-state index contributed by atoms with van der Waals surface area (Å²) in [6, 6.07) is 11.3. The van der Waals surface area contributed by atoms with Crippen molar-refractivity contribution in [2.24, 2.45) is 0 Å². The Hall–Kier alpha value is -4.14. The Morgan fingerprint density at radius 1 is 0.943 bits per heavy atom. The van der Waals surface area contributed by atoms with Gasteiger partial charge < -0.3 is 15.4 Å². The van der Waals surface area contributed by atoms with Gasteiger partial charge in [0.1, 0.15) is 29.1 Å². The molecular formula is C26H27FN4O4. The highest BCUT2D eigenvalue weighted by molar-refractivity contribution is 5.97. The van der Waals surface area contributed by atoms with E-state index in [0.29, 0.717) is 5.56 Å². The fourth-order valence-corrected chi connectivity index (χ4v) is 2.89. The average molecular weight is 481 g/mol. The summed E-state index contributed by atoms with van der Waals surface area (Å²) < 4.78 is 35.2. The van der Waals surface area contributed by atoms with Crippen LogP contribution in [-0.2, 0) is 17.8 Å². The van der Waals surface area contributed by atoms with Crippen LogP contribution in [0.3, 0.4) is 0 Å². The van der Waals surface area contributed by atoms with Crippen LogP contribution in [0.1, 0.15) is 71.5 Å². The second-order valence-corrected chi connectivity index (χ2v) is 8.71. The zero-order valence-corrected chi connectivity index (χ0v) is 19.8. The number of rotatable bonds is 7. The lowest BCUT2D eigenvalue weighted by molar-refractivity contribution is 0.00692. The molecule has 0 unspecified atom stereocenters. The van der Waals surface area contributed by atoms with Crippen molar-refractivity contribution >= 4 is 17.8 Å². The first-order valence-corrected chi connectivity index (χ1v) is 10.8. The molecule has 2 amide bonds. The third-order valence-electron chi connectivity index (χ3n) is 4.65. The number of ether oxygens (including phenoxy) is 1. The number of hydrogen-bond acceptors (Lipinski definition) is 6. The van der Waals surface area contributed by atoms with E-state index in [-0.39, 0.29) is 29.1 Å². The van der Waals surface area contributed by atoms with Gasteiger partial charge >= 0.3 is 5.97 Å². The second-order valence-electron chi connectivity index (χ2n) is 8.71. The van der Waals surface area contributed by atoms with Crippen molar-refractivity contribution in [3.63, 3.8) is 0 Å². The van der Waals surface area contributed by atoms with Gasteiger partial charge in [-0.15, -0.1) is 0 Å². The van der Waals surface area contributed by atoms with Crippen LogP contribution in [-0.4, -0.2) is 33.4 Å². The molecule has 0 aliphatic heterocycles. The van der Waals surface area contributed by atoms with E-state index < -0.39 is 35.7 Å². The number of amides is 2. The van der Waals surface area contributed by atoms with Crippen molar-refractivity contribution in [1.29, 1.82) is 0 Å². The zero-order valence-electron chi connectivity index (χ0n) is 21.8. The number of aromatic nitrogens is 2.